The van der Waals surface area contributed by atoms with E-state index < -0.39 is 17.6 Å². The molecule has 0 aliphatic carbocycles. The molecule has 0 saturated carbocycles. The Morgan fingerprint density at radius 1 is 1.23 bits per heavy atom. The summed E-state index contributed by atoms with van der Waals surface area (Å²) < 4.78 is 30.2. The summed E-state index contributed by atoms with van der Waals surface area (Å²) in [7, 11) is 0. The number of carbonyl (C=O) groups is 2. The lowest BCUT2D eigenvalue weighted by atomic mass is 10.2. The molecule has 0 aliphatic rings. The summed E-state index contributed by atoms with van der Waals surface area (Å²) in [5, 5.41) is 2.56. The number of nitrogens with one attached hydrogen (secondary N) is 1. The Bertz CT molecular complexity index is 754. The number of ether oxygens (including phenoxy) is 1. The molecule has 0 spiro atoms. The molecule has 0 aliphatic heterocycles. The molecule has 2 rings (SSSR count). The first kappa shape index (κ1) is 19.8. The van der Waals surface area contributed by atoms with Crippen LogP contribution in [0.15, 0.2) is 47.6 Å². The normalized spacial score (nSPS) is 10.6. The number of unbranched alkanes of at least 4 members (excludes halogenated alkanes) is 1. The van der Waals surface area contributed by atoms with Crippen molar-refractivity contribution in [2.75, 3.05) is 11.9 Å². The molecule has 2 aromatic rings. The maximum Gasteiger partial charge on any atom is 0.338 e. The molecule has 1 aromatic carbocycles. The van der Waals surface area contributed by atoms with Crippen LogP contribution in [-0.2, 0) is 4.74 Å². The van der Waals surface area contributed by atoms with Gasteiger partial charge in [0, 0.05) is 11.9 Å². The number of benzene rings is 1. The van der Waals surface area contributed by atoms with Crippen molar-refractivity contribution in [2.24, 2.45) is 0 Å². The molecular formula is C18H18F2N2O3S. The Labute approximate surface area is 154 Å². The number of rotatable bonds is 8. The second-order valence-electron chi connectivity index (χ2n) is 5.26. The van der Waals surface area contributed by atoms with Gasteiger partial charge in [0.1, 0.15) is 5.03 Å². The number of carbonyl (C=O) groups excluding carboxylic acids is 2. The van der Waals surface area contributed by atoms with Gasteiger partial charge in [-0.1, -0.05) is 13.3 Å². The minimum absolute atomic E-state index is 0.0453. The molecule has 8 heteroatoms. The van der Waals surface area contributed by atoms with Crippen molar-refractivity contribution in [1.82, 2.24) is 4.98 Å². The Hall–Kier alpha value is -2.48. The van der Waals surface area contributed by atoms with Crippen molar-refractivity contribution >= 4 is 29.3 Å². The highest BCUT2D eigenvalue weighted by Crippen LogP contribution is 2.26. The summed E-state index contributed by atoms with van der Waals surface area (Å²) in [6.07, 6.45) is 3.07. The lowest BCUT2D eigenvalue weighted by Crippen LogP contribution is -2.14. The van der Waals surface area contributed by atoms with E-state index in [4.69, 9.17) is 4.74 Å². The molecule has 1 N–H and O–H groups in total. The van der Waals surface area contributed by atoms with E-state index in [1.165, 1.54) is 30.5 Å². The number of hydrogen-bond donors (Lipinski definition) is 1. The van der Waals surface area contributed by atoms with Crippen molar-refractivity contribution in [3.8, 4) is 0 Å². The average molecular weight is 380 g/mol. The molecule has 0 bridgehead atoms. The Kier molecular flexibility index (Phi) is 7.53. The van der Waals surface area contributed by atoms with Crippen LogP contribution in [-0.4, -0.2) is 29.2 Å². The molecule has 0 unspecified atom stereocenters. The summed E-state index contributed by atoms with van der Waals surface area (Å²) in [6, 6.07) is 9.07. The number of esters is 1. The molecule has 1 amide bonds. The average Bonchev–Trinajstić information content (AvgIpc) is 2.62. The van der Waals surface area contributed by atoms with E-state index in [1.807, 2.05) is 6.92 Å². The van der Waals surface area contributed by atoms with E-state index in [9.17, 15) is 18.4 Å². The molecule has 0 radical (unpaired) electrons. The predicted molar refractivity (Wildman–Crippen MR) is 95.7 cm³/mol. The van der Waals surface area contributed by atoms with E-state index in [0.29, 0.717) is 17.9 Å². The monoisotopic (exact) mass is 380 g/mol. The van der Waals surface area contributed by atoms with Crippen molar-refractivity contribution in [1.29, 1.82) is 0 Å². The Morgan fingerprint density at radius 3 is 2.62 bits per heavy atom. The van der Waals surface area contributed by atoms with Crippen LogP contribution in [0, 0.1) is 0 Å². The van der Waals surface area contributed by atoms with Gasteiger partial charge in [-0.15, -0.1) is 0 Å². The second-order valence-corrected chi connectivity index (χ2v) is 6.23. The van der Waals surface area contributed by atoms with Gasteiger partial charge in [-0.05, 0) is 54.6 Å². The van der Waals surface area contributed by atoms with Crippen LogP contribution >= 0.6 is 11.8 Å². The van der Waals surface area contributed by atoms with Crippen molar-refractivity contribution in [3.63, 3.8) is 0 Å². The number of pyridine rings is 1. The van der Waals surface area contributed by atoms with Crippen LogP contribution in [0.1, 0.15) is 40.5 Å². The maximum atomic E-state index is 12.6. The largest absolute Gasteiger partial charge is 0.462 e. The number of aromatic nitrogens is 1. The highest BCUT2D eigenvalue weighted by atomic mass is 32.2. The van der Waals surface area contributed by atoms with Crippen LogP contribution in [0.2, 0.25) is 0 Å². The predicted octanol–water partition coefficient (Wildman–Crippen LogP) is 4.61. The van der Waals surface area contributed by atoms with Crippen LogP contribution < -0.4 is 5.32 Å². The molecule has 5 nitrogen and oxygen atoms in total. The zero-order valence-corrected chi connectivity index (χ0v) is 14.9. The lowest BCUT2D eigenvalue weighted by Gasteiger charge is -2.09. The molecule has 1 aromatic heterocycles. The molecule has 1 heterocycles. The van der Waals surface area contributed by atoms with Gasteiger partial charge in [-0.25, -0.2) is 9.78 Å². The maximum absolute atomic E-state index is 12.6. The van der Waals surface area contributed by atoms with Gasteiger partial charge in [0.2, 0.25) is 0 Å². The van der Waals surface area contributed by atoms with Crippen LogP contribution in [0.5, 0.6) is 0 Å². The smallest absolute Gasteiger partial charge is 0.338 e. The zero-order valence-electron chi connectivity index (χ0n) is 14.1. The van der Waals surface area contributed by atoms with E-state index in [-0.39, 0.29) is 22.4 Å². The zero-order chi connectivity index (χ0) is 18.9. The number of alkyl halides is 2. The van der Waals surface area contributed by atoms with Crippen molar-refractivity contribution in [2.45, 2.75) is 30.5 Å². The number of amides is 1. The van der Waals surface area contributed by atoms with Crippen LogP contribution in [0.3, 0.4) is 0 Å². The molecule has 0 saturated heterocycles. The number of thioether (sulfide) groups is 1. The van der Waals surface area contributed by atoms with Gasteiger partial charge in [0.15, 0.2) is 0 Å². The fraction of sp³-hybridized carbons (Fsp3) is 0.278. The topological polar surface area (TPSA) is 68.3 Å². The minimum atomic E-state index is -2.67. The van der Waals surface area contributed by atoms with Crippen LogP contribution in [0.25, 0.3) is 0 Å². The fourth-order valence-corrected chi connectivity index (χ4v) is 2.60. The summed E-state index contributed by atoms with van der Waals surface area (Å²) >= 11 is 0.213. The molecule has 0 atom stereocenters. The summed E-state index contributed by atoms with van der Waals surface area (Å²) in [5.41, 5.74) is 0.854. The number of hydrogen-bond acceptors (Lipinski definition) is 5. The second kappa shape index (κ2) is 9.86. The highest BCUT2D eigenvalue weighted by molar-refractivity contribution is 7.99. The Morgan fingerprint density at radius 2 is 1.96 bits per heavy atom. The molecule has 26 heavy (non-hydrogen) atoms. The molecule has 138 valence electrons. The quantitative estimate of drug-likeness (QED) is 0.412. The van der Waals surface area contributed by atoms with Gasteiger partial charge in [0.25, 0.3) is 11.7 Å². The van der Waals surface area contributed by atoms with Gasteiger partial charge in [-0.3, -0.25) is 4.79 Å². The Balaban J connectivity index is 2.03. The van der Waals surface area contributed by atoms with Crippen LogP contribution in [0.4, 0.5) is 14.5 Å². The van der Waals surface area contributed by atoms with Crippen molar-refractivity contribution < 1.29 is 23.1 Å². The lowest BCUT2D eigenvalue weighted by molar-refractivity contribution is 0.0499. The third kappa shape index (κ3) is 5.80. The summed E-state index contributed by atoms with van der Waals surface area (Å²) in [4.78, 5) is 28.0. The standard InChI is InChI=1S/C18H18F2N2O3S/c1-2-3-11-25-17(24)12-6-8-13(9-7-12)22-15(23)14-5-4-10-21-16(14)26-18(19)20/h4-10,18H,2-3,11H2,1H3,(H,22,23). The first-order valence-corrected chi connectivity index (χ1v) is 8.87. The van der Waals surface area contributed by atoms with Gasteiger partial charge >= 0.3 is 5.97 Å². The van der Waals surface area contributed by atoms with Gasteiger partial charge < -0.3 is 10.1 Å². The number of nitrogens with zero attached hydrogens (tertiary/aromatic N) is 1. The summed E-state index contributed by atoms with van der Waals surface area (Å²) in [6.45, 7) is 2.36. The molecular weight excluding hydrogens is 362 g/mol. The minimum Gasteiger partial charge on any atom is -0.462 e. The molecule has 0 fully saturated rings. The fourth-order valence-electron chi connectivity index (χ4n) is 2.02. The summed E-state index contributed by atoms with van der Waals surface area (Å²) in [5.74, 6) is -3.66. The highest BCUT2D eigenvalue weighted by Gasteiger charge is 2.17. The van der Waals surface area contributed by atoms with E-state index in [0.717, 1.165) is 12.8 Å². The first-order chi connectivity index (χ1) is 12.5. The van der Waals surface area contributed by atoms with E-state index in [1.54, 1.807) is 12.1 Å². The number of anilines is 1. The van der Waals surface area contributed by atoms with Gasteiger partial charge in [-0.2, -0.15) is 8.78 Å². The van der Waals surface area contributed by atoms with Crippen molar-refractivity contribution in [3.05, 3.63) is 53.7 Å². The van der Waals surface area contributed by atoms with E-state index in [2.05, 4.69) is 10.3 Å². The van der Waals surface area contributed by atoms with Gasteiger partial charge in [0.05, 0.1) is 17.7 Å². The third-order valence-corrected chi connectivity index (χ3v) is 4.05. The number of halogens is 2. The third-order valence-electron chi connectivity index (χ3n) is 3.33. The SMILES string of the molecule is CCCCOC(=O)c1ccc(NC(=O)c2cccnc2SC(F)F)cc1. The first-order valence-electron chi connectivity index (χ1n) is 7.99. The van der Waals surface area contributed by atoms with E-state index >= 15 is 0 Å².